The van der Waals surface area contributed by atoms with Crippen molar-refractivity contribution in [3.05, 3.63) is 0 Å². The van der Waals surface area contributed by atoms with E-state index in [0.717, 1.165) is 11.8 Å². The summed E-state index contributed by atoms with van der Waals surface area (Å²) in [5.74, 6) is 1.78. The molecule has 2 aliphatic carbocycles. The summed E-state index contributed by atoms with van der Waals surface area (Å²) < 4.78 is 25.1. The van der Waals surface area contributed by atoms with E-state index in [-0.39, 0.29) is 0 Å². The largest absolute Gasteiger partial charge is 0.437 e. The van der Waals surface area contributed by atoms with Crippen LogP contribution in [-0.4, -0.2) is 49.6 Å². The monoisotopic (exact) mass is 484 g/mol. The van der Waals surface area contributed by atoms with E-state index in [1.54, 1.807) is 0 Å². The topological polar surface area (TPSA) is 43.5 Å². The lowest BCUT2D eigenvalue weighted by Crippen LogP contribution is -2.52. The van der Waals surface area contributed by atoms with Crippen LogP contribution in [0, 0.1) is 11.8 Å². The van der Waals surface area contributed by atoms with Gasteiger partial charge in [-0.15, -0.1) is 0 Å². The summed E-state index contributed by atoms with van der Waals surface area (Å²) in [6, 6.07) is 2.54. The molecule has 4 nitrogen and oxygen atoms in total. The molecule has 6 unspecified atom stereocenters. The third-order valence-electron chi connectivity index (χ3n) is 8.05. The maximum Gasteiger partial charge on any atom is 0.311 e. The molecule has 0 amide bonds. The van der Waals surface area contributed by atoms with Gasteiger partial charge in [-0.2, -0.15) is 0 Å². The third kappa shape index (κ3) is 7.76. The lowest BCUT2D eigenvalue weighted by atomic mass is 9.86. The molecular weight excluding hydrogens is 437 g/mol. The van der Waals surface area contributed by atoms with E-state index in [0.29, 0.717) is 24.4 Å². The first-order valence-electron chi connectivity index (χ1n) is 13.2. The van der Waals surface area contributed by atoms with Crippen molar-refractivity contribution in [3.8, 4) is 0 Å². The Bertz CT molecular complexity index is 562. The van der Waals surface area contributed by atoms with E-state index in [1.165, 1.54) is 76.3 Å². The van der Waals surface area contributed by atoms with Gasteiger partial charge in [0.2, 0.25) is 0 Å². The Morgan fingerprint density at radius 1 is 0.613 bits per heavy atom. The molecular formula is C24H48O4Si3. The highest BCUT2D eigenvalue weighted by Crippen LogP contribution is 2.42. The Morgan fingerprint density at radius 2 is 1.03 bits per heavy atom. The normalized spacial score (nSPS) is 35.4. The van der Waals surface area contributed by atoms with Gasteiger partial charge in [0.25, 0.3) is 0 Å². The first kappa shape index (κ1) is 24.6. The first-order valence-corrected chi connectivity index (χ1v) is 22.3. The molecule has 2 saturated heterocycles. The fourth-order valence-electron chi connectivity index (χ4n) is 6.58. The Kier molecular flexibility index (Phi) is 7.64. The van der Waals surface area contributed by atoms with Gasteiger partial charge in [-0.1, -0.05) is 25.7 Å². The van der Waals surface area contributed by atoms with E-state index in [9.17, 15) is 0 Å². The fraction of sp³-hybridized carbons (Fsp3) is 1.00. The van der Waals surface area contributed by atoms with Gasteiger partial charge in [0.15, 0.2) is 16.6 Å². The van der Waals surface area contributed by atoms with Crippen LogP contribution in [0.15, 0.2) is 0 Å². The van der Waals surface area contributed by atoms with Crippen LogP contribution >= 0.6 is 0 Å². The maximum atomic E-state index is 6.84. The molecule has 0 spiro atoms. The van der Waals surface area contributed by atoms with Gasteiger partial charge in [0, 0.05) is 0 Å². The Hall–Kier alpha value is 0.491. The van der Waals surface area contributed by atoms with Crippen molar-refractivity contribution in [2.45, 2.75) is 140 Å². The van der Waals surface area contributed by atoms with Gasteiger partial charge >= 0.3 is 8.56 Å². The average Bonchev–Trinajstić information content (AvgIpc) is 3.53. The van der Waals surface area contributed by atoms with E-state index in [4.69, 9.17) is 17.7 Å². The highest BCUT2D eigenvalue weighted by Gasteiger charge is 2.45. The van der Waals surface area contributed by atoms with Crippen LogP contribution in [0.4, 0.5) is 0 Å². The molecule has 2 heterocycles. The molecule has 0 aromatic rings. The zero-order valence-corrected chi connectivity index (χ0v) is 24.1. The molecule has 6 atom stereocenters. The number of rotatable bonds is 12. The molecule has 180 valence electrons. The predicted octanol–water partition coefficient (Wildman–Crippen LogP) is 6.83. The quantitative estimate of drug-likeness (QED) is 0.225. The minimum atomic E-state index is -2.08. The highest BCUT2D eigenvalue weighted by molar-refractivity contribution is 6.87. The second kappa shape index (κ2) is 9.62. The number of hydrogen-bond donors (Lipinski definition) is 0. The van der Waals surface area contributed by atoms with Crippen LogP contribution in [0.1, 0.15) is 64.2 Å². The molecule has 4 aliphatic rings. The molecule has 0 aromatic carbocycles. The van der Waals surface area contributed by atoms with Crippen molar-refractivity contribution in [1.82, 2.24) is 0 Å². The number of epoxide rings is 2. The van der Waals surface area contributed by atoms with Crippen molar-refractivity contribution in [3.63, 3.8) is 0 Å². The average molecular weight is 485 g/mol. The summed E-state index contributed by atoms with van der Waals surface area (Å²) in [5, 5.41) is 0. The zero-order chi connectivity index (χ0) is 22.3. The van der Waals surface area contributed by atoms with E-state index in [2.05, 4.69) is 39.3 Å². The summed E-state index contributed by atoms with van der Waals surface area (Å²) in [6.45, 7) is 14.3. The van der Waals surface area contributed by atoms with Crippen LogP contribution < -0.4 is 0 Å². The minimum absolute atomic E-state index is 0.615. The SMILES string of the molecule is C[Si](C)(CCCC1CCC2OC2C1)O[Si](C)(C)O[Si](C)(C)CCCC1CCC2OC2C1. The summed E-state index contributed by atoms with van der Waals surface area (Å²) in [4.78, 5) is 0. The molecule has 0 N–H and O–H groups in total. The van der Waals surface area contributed by atoms with Gasteiger partial charge < -0.3 is 17.7 Å². The van der Waals surface area contributed by atoms with Crippen molar-refractivity contribution in [1.29, 1.82) is 0 Å². The summed E-state index contributed by atoms with van der Waals surface area (Å²) in [7, 11) is -5.43. The van der Waals surface area contributed by atoms with Gasteiger partial charge in [-0.05, 0) is 102 Å². The Balaban J connectivity index is 1.13. The number of ether oxygens (including phenoxy) is 2. The van der Waals surface area contributed by atoms with Crippen molar-refractivity contribution < 1.29 is 17.7 Å². The molecule has 4 rings (SSSR count). The van der Waals surface area contributed by atoms with Gasteiger partial charge in [-0.25, -0.2) is 0 Å². The predicted molar refractivity (Wildman–Crippen MR) is 135 cm³/mol. The summed E-state index contributed by atoms with van der Waals surface area (Å²) in [5.41, 5.74) is 0. The number of hydrogen-bond acceptors (Lipinski definition) is 4. The molecule has 4 fully saturated rings. The Labute approximate surface area is 194 Å². The zero-order valence-electron chi connectivity index (χ0n) is 21.1. The van der Waals surface area contributed by atoms with Crippen molar-refractivity contribution in [2.24, 2.45) is 11.8 Å². The van der Waals surface area contributed by atoms with Crippen LogP contribution in [0.25, 0.3) is 0 Å². The van der Waals surface area contributed by atoms with Crippen molar-refractivity contribution in [2.75, 3.05) is 0 Å². The van der Waals surface area contributed by atoms with Gasteiger partial charge in [0.05, 0.1) is 24.4 Å². The van der Waals surface area contributed by atoms with Crippen LogP contribution in [0.5, 0.6) is 0 Å². The first-order chi connectivity index (χ1) is 14.5. The standard InChI is InChI=1S/C24H48O4Si3/c1-29(2,15-7-9-19-11-13-21-23(17-19)25-21)27-31(5,6)28-30(3,4)16-8-10-20-12-14-22-24(18-20)26-22/h19-24H,7-18H2,1-6H3. The maximum absolute atomic E-state index is 6.84. The molecule has 0 radical (unpaired) electrons. The highest BCUT2D eigenvalue weighted by atomic mass is 28.5. The third-order valence-corrected chi connectivity index (χ3v) is 19.5. The molecule has 0 aromatic heterocycles. The second-order valence-electron chi connectivity index (χ2n) is 12.7. The van der Waals surface area contributed by atoms with Gasteiger partial charge in [-0.3, -0.25) is 0 Å². The molecule has 7 heteroatoms. The van der Waals surface area contributed by atoms with Crippen molar-refractivity contribution >= 4 is 25.2 Å². The second-order valence-corrected chi connectivity index (χ2v) is 25.2. The van der Waals surface area contributed by atoms with E-state index in [1.807, 2.05) is 0 Å². The van der Waals surface area contributed by atoms with E-state index >= 15 is 0 Å². The molecule has 2 aliphatic heterocycles. The minimum Gasteiger partial charge on any atom is -0.437 e. The smallest absolute Gasteiger partial charge is 0.311 e. The van der Waals surface area contributed by atoms with Crippen LogP contribution in [0.2, 0.25) is 51.4 Å². The van der Waals surface area contributed by atoms with Crippen LogP contribution in [0.3, 0.4) is 0 Å². The fourth-order valence-corrected chi connectivity index (χ4v) is 20.7. The molecule has 31 heavy (non-hydrogen) atoms. The number of fused-ring (bicyclic) bond motifs is 2. The lowest BCUT2D eigenvalue weighted by Gasteiger charge is -2.39. The lowest BCUT2D eigenvalue weighted by molar-refractivity contribution is 0.345. The molecule has 0 bridgehead atoms. The summed E-state index contributed by atoms with van der Waals surface area (Å²) >= 11 is 0. The van der Waals surface area contributed by atoms with Crippen LogP contribution in [-0.2, 0) is 17.7 Å². The molecule has 2 saturated carbocycles. The van der Waals surface area contributed by atoms with Gasteiger partial charge in [0.1, 0.15) is 0 Å². The van der Waals surface area contributed by atoms with E-state index < -0.39 is 25.2 Å². The summed E-state index contributed by atoms with van der Waals surface area (Å²) in [6.07, 6.45) is 15.8. The Morgan fingerprint density at radius 3 is 1.42 bits per heavy atom.